The first-order valence-corrected chi connectivity index (χ1v) is 8.44. The zero-order chi connectivity index (χ0) is 17.6. The Morgan fingerprint density at radius 1 is 1.32 bits per heavy atom. The van der Waals surface area contributed by atoms with Crippen LogP contribution < -0.4 is 4.74 Å². The van der Waals surface area contributed by atoms with Crippen LogP contribution in [0.3, 0.4) is 0 Å². The summed E-state index contributed by atoms with van der Waals surface area (Å²) in [7, 11) is 0. The SMILES string of the molecule is Cc1ccc2c(c1)[C@@H](C[N+](=O)[O-])C[C@](C)(c1c[nH]c3ccccc13)O2. The molecule has 1 N–H and O–H groups in total. The topological polar surface area (TPSA) is 68.2 Å². The molecule has 0 radical (unpaired) electrons. The number of hydrogen-bond acceptors (Lipinski definition) is 3. The molecule has 0 aliphatic carbocycles. The summed E-state index contributed by atoms with van der Waals surface area (Å²) in [6, 6.07) is 14.0. The summed E-state index contributed by atoms with van der Waals surface area (Å²) in [5, 5.41) is 12.3. The maximum absolute atomic E-state index is 11.2. The number of para-hydroxylation sites is 1. The fraction of sp³-hybridized carbons (Fsp3) is 0.300. The van der Waals surface area contributed by atoms with E-state index in [1.807, 2.05) is 56.4 Å². The average molecular weight is 336 g/mol. The zero-order valence-electron chi connectivity index (χ0n) is 14.3. The van der Waals surface area contributed by atoms with Crippen molar-refractivity contribution >= 4 is 10.9 Å². The molecule has 25 heavy (non-hydrogen) atoms. The molecule has 1 aliphatic rings. The van der Waals surface area contributed by atoms with Crippen LogP contribution in [0.1, 0.15) is 36.0 Å². The number of aromatic nitrogens is 1. The quantitative estimate of drug-likeness (QED) is 0.564. The first kappa shape index (κ1) is 15.7. The third-order valence-electron chi connectivity index (χ3n) is 5.10. The molecule has 2 atom stereocenters. The van der Waals surface area contributed by atoms with Crippen LogP contribution in [0, 0.1) is 17.0 Å². The van der Waals surface area contributed by atoms with E-state index in [-0.39, 0.29) is 17.4 Å². The Labute approximate surface area is 145 Å². The molecule has 3 aromatic rings. The van der Waals surface area contributed by atoms with E-state index in [2.05, 4.69) is 11.1 Å². The Balaban J connectivity index is 1.83. The summed E-state index contributed by atoms with van der Waals surface area (Å²) >= 11 is 0. The van der Waals surface area contributed by atoms with Crippen molar-refractivity contribution in [1.82, 2.24) is 4.98 Å². The average Bonchev–Trinajstić information content (AvgIpc) is 3.00. The van der Waals surface area contributed by atoms with Gasteiger partial charge in [0.1, 0.15) is 11.4 Å². The molecule has 0 saturated carbocycles. The summed E-state index contributed by atoms with van der Waals surface area (Å²) in [5.41, 5.74) is 3.51. The van der Waals surface area contributed by atoms with Gasteiger partial charge < -0.3 is 9.72 Å². The Morgan fingerprint density at radius 2 is 2.12 bits per heavy atom. The second kappa shape index (κ2) is 5.62. The number of rotatable bonds is 3. The van der Waals surface area contributed by atoms with Crippen molar-refractivity contribution in [3.63, 3.8) is 0 Å². The molecule has 2 aromatic carbocycles. The van der Waals surface area contributed by atoms with Crippen LogP contribution in [0.15, 0.2) is 48.7 Å². The fourth-order valence-electron chi connectivity index (χ4n) is 3.96. The van der Waals surface area contributed by atoms with Gasteiger partial charge in [0.15, 0.2) is 0 Å². The first-order valence-electron chi connectivity index (χ1n) is 8.44. The summed E-state index contributed by atoms with van der Waals surface area (Å²) in [6.45, 7) is 3.94. The molecule has 0 amide bonds. The molecule has 0 fully saturated rings. The Hall–Kier alpha value is -2.82. The van der Waals surface area contributed by atoms with Crippen LogP contribution in [0.5, 0.6) is 5.75 Å². The van der Waals surface area contributed by atoms with Crippen molar-refractivity contribution in [2.24, 2.45) is 0 Å². The summed E-state index contributed by atoms with van der Waals surface area (Å²) in [5.74, 6) is 0.578. The molecule has 128 valence electrons. The van der Waals surface area contributed by atoms with Gasteiger partial charge in [-0.1, -0.05) is 35.9 Å². The number of hydrogen-bond donors (Lipinski definition) is 1. The lowest BCUT2D eigenvalue weighted by molar-refractivity contribution is -0.484. The highest BCUT2D eigenvalue weighted by Gasteiger charge is 2.41. The van der Waals surface area contributed by atoms with Crippen molar-refractivity contribution in [3.8, 4) is 5.75 Å². The normalized spacial score (nSPS) is 22.4. The van der Waals surface area contributed by atoms with Gasteiger partial charge >= 0.3 is 0 Å². The largest absolute Gasteiger partial charge is 0.482 e. The van der Waals surface area contributed by atoms with Gasteiger partial charge in [0.05, 0.1) is 5.92 Å². The minimum atomic E-state index is -0.609. The second-order valence-electron chi connectivity index (χ2n) is 7.04. The first-order chi connectivity index (χ1) is 12.0. The van der Waals surface area contributed by atoms with Gasteiger partial charge in [-0.15, -0.1) is 0 Å². The number of nitrogens with one attached hydrogen (secondary N) is 1. The molecule has 5 heteroatoms. The maximum atomic E-state index is 11.2. The summed E-state index contributed by atoms with van der Waals surface area (Å²) < 4.78 is 6.40. The molecule has 4 rings (SSSR count). The van der Waals surface area contributed by atoms with Crippen LogP contribution >= 0.6 is 0 Å². The Bertz CT molecular complexity index is 962. The Morgan fingerprint density at radius 3 is 2.92 bits per heavy atom. The zero-order valence-corrected chi connectivity index (χ0v) is 14.3. The van der Waals surface area contributed by atoms with Gasteiger partial charge in [-0.3, -0.25) is 10.1 Å². The minimum absolute atomic E-state index is 0.0856. The maximum Gasteiger partial charge on any atom is 0.210 e. The van der Waals surface area contributed by atoms with Crippen LogP contribution in [-0.4, -0.2) is 16.5 Å². The van der Waals surface area contributed by atoms with Gasteiger partial charge in [0.25, 0.3) is 0 Å². The molecule has 0 bridgehead atoms. The van der Waals surface area contributed by atoms with E-state index in [1.165, 1.54) is 0 Å². The number of nitrogens with zero attached hydrogens (tertiary/aromatic N) is 1. The molecule has 5 nitrogen and oxygen atoms in total. The van der Waals surface area contributed by atoms with Gasteiger partial charge in [-0.2, -0.15) is 0 Å². The molecule has 0 unspecified atom stereocenters. The van der Waals surface area contributed by atoms with E-state index in [4.69, 9.17) is 4.74 Å². The number of fused-ring (bicyclic) bond motifs is 2. The molecule has 0 spiro atoms. The lowest BCUT2D eigenvalue weighted by Crippen LogP contribution is -2.37. The van der Waals surface area contributed by atoms with Crippen molar-refractivity contribution in [3.05, 3.63) is 75.5 Å². The molecular weight excluding hydrogens is 316 g/mol. The van der Waals surface area contributed by atoms with Gasteiger partial charge in [0.2, 0.25) is 6.54 Å². The third kappa shape index (κ3) is 2.65. The van der Waals surface area contributed by atoms with Crippen LogP contribution in [0.4, 0.5) is 0 Å². The molecule has 1 aromatic heterocycles. The Kier molecular flexibility index (Phi) is 3.53. The number of aromatic amines is 1. The third-order valence-corrected chi connectivity index (χ3v) is 5.10. The predicted octanol–water partition coefficient (Wildman–Crippen LogP) is 4.53. The van der Waals surface area contributed by atoms with Crippen molar-refractivity contribution < 1.29 is 9.66 Å². The number of H-pyrrole nitrogens is 1. The minimum Gasteiger partial charge on any atom is -0.482 e. The molecule has 0 saturated heterocycles. The fourth-order valence-corrected chi connectivity index (χ4v) is 3.96. The number of ether oxygens (including phenoxy) is 1. The number of nitro groups is 1. The van der Waals surface area contributed by atoms with Crippen molar-refractivity contribution in [2.75, 3.05) is 6.54 Å². The number of aryl methyl sites for hydroxylation is 1. The highest BCUT2D eigenvalue weighted by atomic mass is 16.6. The predicted molar refractivity (Wildman–Crippen MR) is 96.7 cm³/mol. The summed E-state index contributed by atoms with van der Waals surface area (Å²) in [4.78, 5) is 14.3. The van der Waals surface area contributed by atoms with E-state index in [0.29, 0.717) is 6.42 Å². The smallest absolute Gasteiger partial charge is 0.210 e. The van der Waals surface area contributed by atoms with Crippen LogP contribution in [0.2, 0.25) is 0 Å². The van der Waals surface area contributed by atoms with E-state index >= 15 is 0 Å². The lowest BCUT2D eigenvalue weighted by Gasteiger charge is -2.39. The van der Waals surface area contributed by atoms with Crippen molar-refractivity contribution in [1.29, 1.82) is 0 Å². The number of benzene rings is 2. The molecule has 1 aliphatic heterocycles. The highest BCUT2D eigenvalue weighted by Crippen LogP contribution is 2.47. The van der Waals surface area contributed by atoms with Crippen LogP contribution in [-0.2, 0) is 5.60 Å². The summed E-state index contributed by atoms with van der Waals surface area (Å²) in [6.07, 6.45) is 2.54. The standard InChI is InChI=1S/C20H20N2O3/c1-13-7-8-19-16(9-13)14(12-22(23)24)10-20(2,25-19)17-11-21-18-6-4-3-5-15(17)18/h3-9,11,14,21H,10,12H2,1-2H3/t14-,20-/m1/s1. The highest BCUT2D eigenvalue weighted by molar-refractivity contribution is 5.84. The van der Waals surface area contributed by atoms with Gasteiger partial charge in [-0.05, 0) is 26.0 Å². The molecular formula is C20H20N2O3. The van der Waals surface area contributed by atoms with E-state index in [1.54, 1.807) is 0 Å². The van der Waals surface area contributed by atoms with E-state index < -0.39 is 5.60 Å². The lowest BCUT2D eigenvalue weighted by atomic mass is 9.79. The van der Waals surface area contributed by atoms with Crippen molar-refractivity contribution in [2.45, 2.75) is 31.8 Å². The van der Waals surface area contributed by atoms with E-state index in [0.717, 1.165) is 33.3 Å². The van der Waals surface area contributed by atoms with E-state index in [9.17, 15) is 10.1 Å². The van der Waals surface area contributed by atoms with Gasteiger partial charge in [0, 0.05) is 39.6 Å². The van der Waals surface area contributed by atoms with Crippen LogP contribution in [0.25, 0.3) is 10.9 Å². The van der Waals surface area contributed by atoms with Gasteiger partial charge in [-0.25, -0.2) is 0 Å². The molecule has 2 heterocycles. The second-order valence-corrected chi connectivity index (χ2v) is 7.04. The monoisotopic (exact) mass is 336 g/mol.